The second kappa shape index (κ2) is 4.22. The lowest BCUT2D eigenvalue weighted by molar-refractivity contribution is -0.131. The molecule has 0 aromatic rings. The fourth-order valence-corrected chi connectivity index (χ4v) is 3.59. The largest absolute Gasteiger partial charge is 0.335 e. The van der Waals surface area contributed by atoms with Crippen molar-refractivity contribution in [2.24, 2.45) is 5.73 Å². The molecular weight excluding hydrogens is 242 g/mol. The Morgan fingerprint density at radius 2 is 1.88 bits per heavy atom. The zero-order chi connectivity index (χ0) is 12.8. The summed E-state index contributed by atoms with van der Waals surface area (Å²) >= 11 is 0. The van der Waals surface area contributed by atoms with Crippen molar-refractivity contribution in [3.05, 3.63) is 0 Å². The van der Waals surface area contributed by atoms with Gasteiger partial charge in [0.15, 0.2) is 0 Å². The molecule has 2 rings (SSSR count). The molecule has 2 aliphatic rings. The van der Waals surface area contributed by atoms with E-state index in [2.05, 4.69) is 0 Å². The molecule has 2 aliphatic heterocycles. The van der Waals surface area contributed by atoms with Gasteiger partial charge in [0.2, 0.25) is 15.9 Å². The molecule has 0 saturated carbocycles. The minimum atomic E-state index is -3.17. The van der Waals surface area contributed by atoms with Crippen LogP contribution in [0.25, 0.3) is 0 Å². The first-order valence-corrected chi connectivity index (χ1v) is 7.36. The Morgan fingerprint density at radius 1 is 1.29 bits per heavy atom. The number of carbonyl (C=O) groups excluding carboxylic acids is 1. The number of amides is 1. The van der Waals surface area contributed by atoms with Gasteiger partial charge in [-0.1, -0.05) is 0 Å². The summed E-state index contributed by atoms with van der Waals surface area (Å²) in [6.45, 7) is 4.72. The Hall–Kier alpha value is -0.660. The number of hydrogen-bond acceptors (Lipinski definition) is 4. The highest BCUT2D eigenvalue weighted by Crippen LogP contribution is 2.24. The summed E-state index contributed by atoms with van der Waals surface area (Å²) in [6.07, 6.45) is 0.382. The maximum Gasteiger partial charge on any atom is 0.224 e. The summed E-state index contributed by atoms with van der Waals surface area (Å²) < 4.78 is 25.1. The number of likely N-dealkylation sites (tertiary alicyclic amines) is 1. The molecule has 17 heavy (non-hydrogen) atoms. The zero-order valence-electron chi connectivity index (χ0n) is 10.2. The minimum absolute atomic E-state index is 0.0181. The van der Waals surface area contributed by atoms with Gasteiger partial charge in [-0.3, -0.25) is 4.79 Å². The standard InChI is InChI=1S/C10H19N3O3S/c1-7(2)17(15,16)12-5-9(6-12)13-4-8(11)3-10(13)14/h7-9H,3-6,11H2,1-2H3. The van der Waals surface area contributed by atoms with E-state index in [-0.39, 0.29) is 18.0 Å². The first-order valence-electron chi connectivity index (χ1n) is 5.86. The molecule has 0 aromatic carbocycles. The lowest BCUT2D eigenvalue weighted by atomic mass is 10.1. The van der Waals surface area contributed by atoms with E-state index in [0.29, 0.717) is 26.1 Å². The SMILES string of the molecule is CC(C)S(=O)(=O)N1CC(N2CC(N)CC2=O)C1. The van der Waals surface area contributed by atoms with Crippen LogP contribution in [0.5, 0.6) is 0 Å². The van der Waals surface area contributed by atoms with E-state index >= 15 is 0 Å². The Morgan fingerprint density at radius 3 is 2.29 bits per heavy atom. The van der Waals surface area contributed by atoms with Crippen LogP contribution >= 0.6 is 0 Å². The van der Waals surface area contributed by atoms with Crippen LogP contribution in [0.15, 0.2) is 0 Å². The highest BCUT2D eigenvalue weighted by atomic mass is 32.2. The van der Waals surface area contributed by atoms with Crippen LogP contribution in [-0.2, 0) is 14.8 Å². The third kappa shape index (κ3) is 2.19. The lowest BCUT2D eigenvalue weighted by Crippen LogP contribution is -2.62. The quantitative estimate of drug-likeness (QED) is 0.704. The average Bonchev–Trinajstić information content (AvgIpc) is 2.42. The molecule has 2 fully saturated rings. The van der Waals surface area contributed by atoms with Gasteiger partial charge < -0.3 is 10.6 Å². The monoisotopic (exact) mass is 261 g/mol. The van der Waals surface area contributed by atoms with Crippen LogP contribution in [0, 0.1) is 0 Å². The lowest BCUT2D eigenvalue weighted by Gasteiger charge is -2.43. The Bertz CT molecular complexity index is 415. The number of nitrogens with zero attached hydrogens (tertiary/aromatic N) is 2. The maximum absolute atomic E-state index is 11.8. The number of hydrogen-bond donors (Lipinski definition) is 1. The highest BCUT2D eigenvalue weighted by molar-refractivity contribution is 7.89. The molecule has 2 heterocycles. The van der Waals surface area contributed by atoms with Gasteiger partial charge in [0, 0.05) is 32.1 Å². The predicted molar refractivity (Wildman–Crippen MR) is 63.7 cm³/mol. The second-order valence-corrected chi connectivity index (χ2v) is 7.56. The van der Waals surface area contributed by atoms with Crippen LogP contribution in [-0.4, -0.2) is 60.5 Å². The predicted octanol–water partition coefficient (Wildman–Crippen LogP) is -1.03. The van der Waals surface area contributed by atoms with Crippen molar-refractivity contribution in [1.29, 1.82) is 0 Å². The van der Waals surface area contributed by atoms with Gasteiger partial charge in [0.25, 0.3) is 0 Å². The van der Waals surface area contributed by atoms with Crippen molar-refractivity contribution in [3.63, 3.8) is 0 Å². The molecule has 1 amide bonds. The molecule has 2 saturated heterocycles. The number of nitrogens with two attached hydrogens (primary N) is 1. The molecule has 0 spiro atoms. The summed E-state index contributed by atoms with van der Waals surface area (Å²) in [6, 6.07) is -0.0807. The van der Waals surface area contributed by atoms with Crippen molar-refractivity contribution in [2.45, 2.75) is 37.6 Å². The van der Waals surface area contributed by atoms with Crippen LogP contribution in [0.1, 0.15) is 20.3 Å². The van der Waals surface area contributed by atoms with Crippen LogP contribution in [0.3, 0.4) is 0 Å². The fraction of sp³-hybridized carbons (Fsp3) is 0.900. The van der Waals surface area contributed by atoms with E-state index in [4.69, 9.17) is 5.73 Å². The van der Waals surface area contributed by atoms with E-state index in [1.165, 1.54) is 4.31 Å². The van der Waals surface area contributed by atoms with Crippen molar-refractivity contribution < 1.29 is 13.2 Å². The highest BCUT2D eigenvalue weighted by Gasteiger charge is 2.43. The van der Waals surface area contributed by atoms with Crippen LogP contribution < -0.4 is 5.73 Å². The molecule has 0 aromatic heterocycles. The molecule has 7 heteroatoms. The number of rotatable bonds is 3. The van der Waals surface area contributed by atoms with Gasteiger partial charge >= 0.3 is 0 Å². The third-order valence-electron chi connectivity index (χ3n) is 3.41. The smallest absolute Gasteiger partial charge is 0.224 e. The molecule has 98 valence electrons. The number of carbonyl (C=O) groups is 1. The van der Waals surface area contributed by atoms with Gasteiger partial charge in [-0.15, -0.1) is 0 Å². The Labute approximate surface area is 102 Å². The van der Waals surface area contributed by atoms with Crippen molar-refractivity contribution >= 4 is 15.9 Å². The van der Waals surface area contributed by atoms with Gasteiger partial charge in [-0.25, -0.2) is 8.42 Å². The summed E-state index contributed by atoms with van der Waals surface area (Å²) in [5.41, 5.74) is 5.71. The van der Waals surface area contributed by atoms with E-state index in [1.54, 1.807) is 18.7 Å². The van der Waals surface area contributed by atoms with Gasteiger partial charge in [0.1, 0.15) is 0 Å². The molecule has 2 N–H and O–H groups in total. The first kappa shape index (κ1) is 12.8. The summed E-state index contributed by atoms with van der Waals surface area (Å²) in [4.78, 5) is 13.3. The van der Waals surface area contributed by atoms with Crippen LogP contribution in [0.2, 0.25) is 0 Å². The first-order chi connectivity index (χ1) is 7.82. The molecule has 0 aliphatic carbocycles. The molecule has 1 unspecified atom stereocenters. The van der Waals surface area contributed by atoms with Gasteiger partial charge in [-0.05, 0) is 13.8 Å². The third-order valence-corrected chi connectivity index (χ3v) is 5.62. The maximum atomic E-state index is 11.8. The average molecular weight is 261 g/mol. The molecule has 1 atom stereocenters. The summed E-state index contributed by atoms with van der Waals surface area (Å²) in [5, 5.41) is -0.403. The Balaban J connectivity index is 1.94. The molecule has 6 nitrogen and oxygen atoms in total. The molecular formula is C10H19N3O3S. The van der Waals surface area contributed by atoms with E-state index in [1.807, 2.05) is 0 Å². The van der Waals surface area contributed by atoms with E-state index in [0.717, 1.165) is 0 Å². The van der Waals surface area contributed by atoms with E-state index in [9.17, 15) is 13.2 Å². The van der Waals surface area contributed by atoms with Gasteiger partial charge in [0.05, 0.1) is 11.3 Å². The van der Waals surface area contributed by atoms with Crippen molar-refractivity contribution in [3.8, 4) is 0 Å². The topological polar surface area (TPSA) is 83.7 Å². The van der Waals surface area contributed by atoms with E-state index < -0.39 is 15.3 Å². The van der Waals surface area contributed by atoms with Crippen molar-refractivity contribution in [1.82, 2.24) is 9.21 Å². The molecule has 0 radical (unpaired) electrons. The summed E-state index contributed by atoms with van der Waals surface area (Å²) in [7, 11) is -3.17. The zero-order valence-corrected chi connectivity index (χ0v) is 11.0. The van der Waals surface area contributed by atoms with Crippen molar-refractivity contribution in [2.75, 3.05) is 19.6 Å². The fourth-order valence-electron chi connectivity index (χ4n) is 2.23. The molecule has 0 bridgehead atoms. The minimum Gasteiger partial charge on any atom is -0.335 e. The summed E-state index contributed by atoms with van der Waals surface area (Å²) in [5.74, 6) is 0.0455. The second-order valence-electron chi connectivity index (χ2n) is 5.07. The normalized spacial score (nSPS) is 27.9. The van der Waals surface area contributed by atoms with Gasteiger partial charge in [-0.2, -0.15) is 4.31 Å². The number of sulfonamides is 1. The van der Waals surface area contributed by atoms with Crippen LogP contribution in [0.4, 0.5) is 0 Å². The Kier molecular flexibility index (Phi) is 3.17.